The van der Waals surface area contributed by atoms with Crippen LogP contribution < -0.4 is 5.73 Å². The Labute approximate surface area is 91.0 Å². The zero-order chi connectivity index (χ0) is 12.6. The molecule has 0 aromatic carbocycles. The van der Waals surface area contributed by atoms with Crippen molar-refractivity contribution in [3.8, 4) is 0 Å². The van der Waals surface area contributed by atoms with Gasteiger partial charge in [0, 0.05) is 13.1 Å². The van der Waals surface area contributed by atoms with Gasteiger partial charge in [0.2, 0.25) is 5.91 Å². The highest BCUT2D eigenvalue weighted by atomic mass is 19.4. The van der Waals surface area contributed by atoms with Gasteiger partial charge in [0.25, 0.3) is 0 Å². The molecule has 0 atom stereocenters. The Bertz CT molecular complexity index is 211. The van der Waals surface area contributed by atoms with E-state index in [-0.39, 0.29) is 19.7 Å². The van der Waals surface area contributed by atoms with E-state index < -0.39 is 31.8 Å². The maximum Gasteiger partial charge on any atom is 0.406 e. The van der Waals surface area contributed by atoms with Crippen LogP contribution in [-0.2, 0) is 9.53 Å². The van der Waals surface area contributed by atoms with Crippen molar-refractivity contribution in [3.05, 3.63) is 0 Å². The van der Waals surface area contributed by atoms with E-state index >= 15 is 0 Å². The predicted octanol–water partition coefficient (Wildman–Crippen LogP) is -0.655. The predicted molar refractivity (Wildman–Crippen MR) is 49.6 cm³/mol. The first-order valence-corrected chi connectivity index (χ1v) is 4.64. The Morgan fingerprint density at radius 1 is 1.44 bits per heavy atom. The van der Waals surface area contributed by atoms with Gasteiger partial charge in [-0.1, -0.05) is 0 Å². The molecule has 0 aliphatic rings. The number of alkyl halides is 3. The van der Waals surface area contributed by atoms with Gasteiger partial charge in [-0.3, -0.25) is 4.79 Å². The fraction of sp³-hybridized carbons (Fsp3) is 0.875. The molecule has 0 aliphatic heterocycles. The van der Waals surface area contributed by atoms with E-state index in [2.05, 4.69) is 0 Å². The fourth-order valence-corrected chi connectivity index (χ4v) is 0.963. The van der Waals surface area contributed by atoms with Gasteiger partial charge in [-0.2, -0.15) is 13.2 Å². The zero-order valence-electron chi connectivity index (χ0n) is 8.66. The van der Waals surface area contributed by atoms with E-state index in [1.807, 2.05) is 0 Å². The maximum atomic E-state index is 12.0. The van der Waals surface area contributed by atoms with Crippen molar-refractivity contribution >= 4 is 5.91 Å². The molecule has 0 heterocycles. The molecule has 0 saturated heterocycles. The average molecular weight is 244 g/mol. The van der Waals surface area contributed by atoms with Crippen LogP contribution >= 0.6 is 0 Å². The summed E-state index contributed by atoms with van der Waals surface area (Å²) in [7, 11) is 0. The zero-order valence-corrected chi connectivity index (χ0v) is 8.66. The molecule has 0 aromatic rings. The number of amides is 1. The smallest absolute Gasteiger partial charge is 0.395 e. The lowest BCUT2D eigenvalue weighted by Crippen LogP contribution is -2.42. The quantitative estimate of drug-likeness (QED) is 0.583. The number of aliphatic hydroxyl groups excluding tert-OH is 1. The van der Waals surface area contributed by atoms with Crippen molar-refractivity contribution in [3.63, 3.8) is 0 Å². The van der Waals surface area contributed by atoms with Crippen molar-refractivity contribution in [1.29, 1.82) is 0 Å². The normalized spacial score (nSPS) is 11.6. The highest BCUT2D eigenvalue weighted by Gasteiger charge is 2.32. The summed E-state index contributed by atoms with van der Waals surface area (Å²) in [5.41, 5.74) is 5.08. The van der Waals surface area contributed by atoms with E-state index in [1.54, 1.807) is 0 Å². The van der Waals surface area contributed by atoms with Gasteiger partial charge in [0.05, 0.1) is 13.2 Å². The van der Waals surface area contributed by atoms with Crippen LogP contribution in [0.15, 0.2) is 0 Å². The Morgan fingerprint density at radius 3 is 2.50 bits per heavy atom. The highest BCUT2D eigenvalue weighted by molar-refractivity contribution is 5.77. The first-order chi connectivity index (χ1) is 7.40. The van der Waals surface area contributed by atoms with Gasteiger partial charge in [-0.05, 0) is 0 Å². The third-order valence-corrected chi connectivity index (χ3v) is 1.58. The maximum absolute atomic E-state index is 12.0. The SMILES string of the molecule is NCCOCC(=O)N(CCO)CC(F)(F)F. The molecule has 0 saturated carbocycles. The second kappa shape index (κ2) is 7.42. The fourth-order valence-electron chi connectivity index (χ4n) is 0.963. The largest absolute Gasteiger partial charge is 0.406 e. The van der Waals surface area contributed by atoms with Crippen LogP contribution in [0.1, 0.15) is 0 Å². The standard InChI is InChI=1S/C8H15F3N2O3/c9-8(10,11)6-13(2-3-14)7(15)5-16-4-1-12/h14H,1-6,12H2. The molecule has 8 heteroatoms. The van der Waals surface area contributed by atoms with Gasteiger partial charge >= 0.3 is 6.18 Å². The molecule has 96 valence electrons. The number of carbonyl (C=O) groups excluding carboxylic acids is 1. The summed E-state index contributed by atoms with van der Waals surface area (Å²) in [4.78, 5) is 11.7. The first kappa shape index (κ1) is 15.1. The van der Waals surface area contributed by atoms with Crippen molar-refractivity contribution in [2.75, 3.05) is 39.5 Å². The Kier molecular flexibility index (Phi) is 7.02. The molecule has 0 unspecified atom stereocenters. The number of hydrogen-bond donors (Lipinski definition) is 2. The van der Waals surface area contributed by atoms with Crippen LogP contribution in [-0.4, -0.2) is 61.5 Å². The van der Waals surface area contributed by atoms with Crippen molar-refractivity contribution < 1.29 is 27.8 Å². The number of rotatable bonds is 7. The summed E-state index contributed by atoms with van der Waals surface area (Å²) in [6, 6.07) is 0. The molecule has 0 aliphatic carbocycles. The van der Waals surface area contributed by atoms with E-state index in [4.69, 9.17) is 15.6 Å². The second-order valence-electron chi connectivity index (χ2n) is 3.00. The Morgan fingerprint density at radius 2 is 2.06 bits per heavy atom. The molecule has 0 radical (unpaired) electrons. The van der Waals surface area contributed by atoms with E-state index in [1.165, 1.54) is 0 Å². The molecular formula is C8H15F3N2O3. The summed E-state index contributed by atoms with van der Waals surface area (Å²) in [6.45, 7) is -2.47. The molecule has 1 amide bonds. The van der Waals surface area contributed by atoms with Crippen LogP contribution in [0.5, 0.6) is 0 Å². The van der Waals surface area contributed by atoms with Gasteiger partial charge in [0.15, 0.2) is 0 Å². The molecule has 3 N–H and O–H groups in total. The number of hydrogen-bond acceptors (Lipinski definition) is 4. The molecule has 5 nitrogen and oxygen atoms in total. The number of nitrogens with two attached hydrogens (primary N) is 1. The van der Waals surface area contributed by atoms with Gasteiger partial charge in [0.1, 0.15) is 13.2 Å². The lowest BCUT2D eigenvalue weighted by molar-refractivity contribution is -0.164. The monoisotopic (exact) mass is 244 g/mol. The van der Waals surface area contributed by atoms with E-state index in [9.17, 15) is 18.0 Å². The number of carbonyl (C=O) groups is 1. The number of ether oxygens (including phenoxy) is 1. The van der Waals surface area contributed by atoms with Crippen LogP contribution in [0.4, 0.5) is 13.2 Å². The second-order valence-corrected chi connectivity index (χ2v) is 3.00. The van der Waals surface area contributed by atoms with E-state index in [0.29, 0.717) is 4.90 Å². The lowest BCUT2D eigenvalue weighted by atomic mass is 10.4. The third-order valence-electron chi connectivity index (χ3n) is 1.58. The van der Waals surface area contributed by atoms with Gasteiger partial charge in [-0.15, -0.1) is 0 Å². The lowest BCUT2D eigenvalue weighted by Gasteiger charge is -2.22. The number of nitrogens with zero attached hydrogens (tertiary/aromatic N) is 1. The van der Waals surface area contributed by atoms with Crippen molar-refractivity contribution in [2.24, 2.45) is 5.73 Å². The minimum absolute atomic E-state index is 0.102. The molecular weight excluding hydrogens is 229 g/mol. The first-order valence-electron chi connectivity index (χ1n) is 4.64. The molecule has 16 heavy (non-hydrogen) atoms. The molecule has 0 bridgehead atoms. The minimum atomic E-state index is -4.49. The number of aliphatic hydroxyl groups is 1. The van der Waals surface area contributed by atoms with Crippen LogP contribution in [0.3, 0.4) is 0 Å². The van der Waals surface area contributed by atoms with Gasteiger partial charge < -0.3 is 20.5 Å². The topological polar surface area (TPSA) is 75.8 Å². The molecule has 0 aromatic heterocycles. The van der Waals surface area contributed by atoms with Gasteiger partial charge in [-0.25, -0.2) is 0 Å². The Balaban J connectivity index is 4.13. The number of halogens is 3. The summed E-state index contributed by atoms with van der Waals surface area (Å²) in [5, 5.41) is 8.53. The Hall–Kier alpha value is -0.860. The summed E-state index contributed by atoms with van der Waals surface area (Å²) in [6.07, 6.45) is -4.49. The van der Waals surface area contributed by atoms with Crippen molar-refractivity contribution in [2.45, 2.75) is 6.18 Å². The summed E-state index contributed by atoms with van der Waals surface area (Å²) < 4.78 is 40.8. The average Bonchev–Trinajstić information content (AvgIpc) is 2.15. The molecule has 0 rings (SSSR count). The molecule has 0 fully saturated rings. The summed E-state index contributed by atoms with van der Waals surface area (Å²) in [5.74, 6) is -0.820. The minimum Gasteiger partial charge on any atom is -0.395 e. The van der Waals surface area contributed by atoms with Crippen LogP contribution in [0, 0.1) is 0 Å². The van der Waals surface area contributed by atoms with Crippen molar-refractivity contribution in [1.82, 2.24) is 4.90 Å². The highest BCUT2D eigenvalue weighted by Crippen LogP contribution is 2.16. The molecule has 0 spiro atoms. The van der Waals surface area contributed by atoms with Crippen LogP contribution in [0.25, 0.3) is 0 Å². The third kappa shape index (κ3) is 7.43. The summed E-state index contributed by atoms with van der Waals surface area (Å²) >= 11 is 0. The van der Waals surface area contributed by atoms with Crippen LogP contribution in [0.2, 0.25) is 0 Å². The van der Waals surface area contributed by atoms with E-state index in [0.717, 1.165) is 0 Å².